The van der Waals surface area contributed by atoms with E-state index < -0.39 is 0 Å². The van der Waals surface area contributed by atoms with Crippen molar-refractivity contribution in [3.05, 3.63) is 47.4 Å². The third-order valence-corrected chi connectivity index (χ3v) is 2.79. The number of aromatic nitrogens is 3. The number of fused-ring (bicyclic) bond motifs is 1. The van der Waals surface area contributed by atoms with E-state index in [1.165, 1.54) is 12.1 Å². The van der Waals surface area contributed by atoms with Crippen LogP contribution in [0.4, 0.5) is 10.3 Å². The van der Waals surface area contributed by atoms with E-state index in [4.69, 9.17) is 17.3 Å². The summed E-state index contributed by atoms with van der Waals surface area (Å²) in [5.41, 5.74) is 7.72. The van der Waals surface area contributed by atoms with E-state index in [9.17, 15) is 4.39 Å². The van der Waals surface area contributed by atoms with Crippen molar-refractivity contribution in [2.45, 2.75) is 0 Å². The SMILES string of the molecule is Nc1nc2ccc(Cl)nc2n1-c1ccc(F)cc1. The number of nitrogen functional groups attached to an aromatic ring is 1. The molecule has 0 aliphatic rings. The summed E-state index contributed by atoms with van der Waals surface area (Å²) in [6.07, 6.45) is 0. The molecular weight excluding hydrogens is 255 g/mol. The highest BCUT2D eigenvalue weighted by atomic mass is 35.5. The number of pyridine rings is 1. The molecule has 0 aliphatic carbocycles. The monoisotopic (exact) mass is 262 g/mol. The number of rotatable bonds is 1. The largest absolute Gasteiger partial charge is 0.369 e. The Morgan fingerprint density at radius 2 is 1.78 bits per heavy atom. The predicted octanol–water partition coefficient (Wildman–Crippen LogP) is 2.80. The van der Waals surface area contributed by atoms with Crippen molar-refractivity contribution in [3.63, 3.8) is 0 Å². The molecule has 3 aromatic rings. The minimum atomic E-state index is -0.312. The fraction of sp³-hybridized carbons (Fsp3) is 0. The van der Waals surface area contributed by atoms with Gasteiger partial charge in [0.25, 0.3) is 0 Å². The van der Waals surface area contributed by atoms with E-state index in [1.807, 2.05) is 0 Å². The van der Waals surface area contributed by atoms with E-state index >= 15 is 0 Å². The molecule has 2 heterocycles. The highest BCUT2D eigenvalue weighted by Crippen LogP contribution is 2.23. The topological polar surface area (TPSA) is 56.7 Å². The van der Waals surface area contributed by atoms with Gasteiger partial charge in [-0.3, -0.25) is 4.57 Å². The number of hydrogen-bond donors (Lipinski definition) is 1. The fourth-order valence-corrected chi connectivity index (χ4v) is 1.94. The molecule has 1 aromatic carbocycles. The molecule has 0 spiro atoms. The van der Waals surface area contributed by atoms with Crippen molar-refractivity contribution in [3.8, 4) is 5.69 Å². The molecule has 0 saturated heterocycles. The molecule has 18 heavy (non-hydrogen) atoms. The molecule has 90 valence electrons. The molecule has 0 bridgehead atoms. The molecule has 0 radical (unpaired) electrons. The molecule has 3 rings (SSSR count). The van der Waals surface area contributed by atoms with E-state index in [0.717, 1.165) is 0 Å². The summed E-state index contributed by atoms with van der Waals surface area (Å²) in [5, 5.41) is 0.353. The quantitative estimate of drug-likeness (QED) is 0.686. The first-order valence-corrected chi connectivity index (χ1v) is 5.59. The Bertz CT molecular complexity index is 721. The van der Waals surface area contributed by atoms with Gasteiger partial charge in [0.05, 0.1) is 5.69 Å². The van der Waals surface area contributed by atoms with Gasteiger partial charge in [0.1, 0.15) is 16.5 Å². The van der Waals surface area contributed by atoms with Gasteiger partial charge in [-0.05, 0) is 36.4 Å². The first kappa shape index (κ1) is 11.0. The highest BCUT2D eigenvalue weighted by molar-refractivity contribution is 6.29. The van der Waals surface area contributed by atoms with Gasteiger partial charge in [0.15, 0.2) is 5.65 Å². The molecule has 0 atom stereocenters. The second-order valence-corrected chi connectivity index (χ2v) is 4.15. The normalized spacial score (nSPS) is 11.0. The van der Waals surface area contributed by atoms with Crippen LogP contribution in [0.3, 0.4) is 0 Å². The number of hydrogen-bond acceptors (Lipinski definition) is 3. The van der Waals surface area contributed by atoms with Crippen LogP contribution in [-0.4, -0.2) is 14.5 Å². The van der Waals surface area contributed by atoms with E-state index in [2.05, 4.69) is 9.97 Å². The van der Waals surface area contributed by atoms with Gasteiger partial charge in [-0.25, -0.2) is 14.4 Å². The van der Waals surface area contributed by atoms with E-state index in [1.54, 1.807) is 28.8 Å². The Balaban J connectivity index is 2.30. The summed E-state index contributed by atoms with van der Waals surface area (Å²) >= 11 is 5.86. The second kappa shape index (κ2) is 3.96. The Hall–Kier alpha value is -2.14. The van der Waals surface area contributed by atoms with Crippen LogP contribution in [0.5, 0.6) is 0 Å². The summed E-state index contributed by atoms with van der Waals surface area (Å²) < 4.78 is 14.5. The number of nitrogens with two attached hydrogens (primary N) is 1. The number of nitrogens with zero attached hydrogens (tertiary/aromatic N) is 3. The molecule has 0 saturated carbocycles. The maximum Gasteiger partial charge on any atom is 0.207 e. The average molecular weight is 263 g/mol. The molecule has 2 aromatic heterocycles. The van der Waals surface area contributed by atoms with Crippen LogP contribution in [0, 0.1) is 5.82 Å². The lowest BCUT2D eigenvalue weighted by molar-refractivity contribution is 0.627. The first-order chi connectivity index (χ1) is 8.65. The Morgan fingerprint density at radius 3 is 2.50 bits per heavy atom. The first-order valence-electron chi connectivity index (χ1n) is 5.21. The maximum absolute atomic E-state index is 12.9. The molecule has 0 unspecified atom stereocenters. The van der Waals surface area contributed by atoms with Crippen molar-refractivity contribution in [2.75, 3.05) is 5.73 Å². The zero-order valence-electron chi connectivity index (χ0n) is 9.14. The number of anilines is 1. The van der Waals surface area contributed by atoms with E-state index in [0.29, 0.717) is 22.0 Å². The Morgan fingerprint density at radius 1 is 1.06 bits per heavy atom. The van der Waals surface area contributed by atoms with Crippen molar-refractivity contribution in [1.29, 1.82) is 0 Å². The smallest absolute Gasteiger partial charge is 0.207 e. The second-order valence-electron chi connectivity index (χ2n) is 3.76. The van der Waals surface area contributed by atoms with Crippen molar-refractivity contribution in [2.24, 2.45) is 0 Å². The highest BCUT2D eigenvalue weighted by Gasteiger charge is 2.11. The third kappa shape index (κ3) is 1.69. The molecule has 4 nitrogen and oxygen atoms in total. The molecule has 6 heteroatoms. The minimum absolute atomic E-state index is 0.284. The summed E-state index contributed by atoms with van der Waals surface area (Å²) in [5.74, 6) is -0.0286. The number of imidazole rings is 1. The van der Waals surface area contributed by atoms with Crippen LogP contribution < -0.4 is 5.73 Å². The van der Waals surface area contributed by atoms with Crippen molar-refractivity contribution >= 4 is 28.7 Å². The van der Waals surface area contributed by atoms with Crippen LogP contribution in [0.15, 0.2) is 36.4 Å². The van der Waals surface area contributed by atoms with Crippen molar-refractivity contribution in [1.82, 2.24) is 14.5 Å². The minimum Gasteiger partial charge on any atom is -0.369 e. The average Bonchev–Trinajstić information content (AvgIpc) is 2.66. The summed E-state index contributed by atoms with van der Waals surface area (Å²) in [6, 6.07) is 9.30. The molecule has 0 aliphatic heterocycles. The van der Waals surface area contributed by atoms with Gasteiger partial charge in [0, 0.05) is 0 Å². The van der Waals surface area contributed by atoms with E-state index in [-0.39, 0.29) is 11.8 Å². The molecule has 0 amide bonds. The van der Waals surface area contributed by atoms with Crippen molar-refractivity contribution < 1.29 is 4.39 Å². The lowest BCUT2D eigenvalue weighted by Gasteiger charge is -2.05. The summed E-state index contributed by atoms with van der Waals surface area (Å²) in [7, 11) is 0. The number of benzene rings is 1. The van der Waals surface area contributed by atoms with Gasteiger partial charge < -0.3 is 5.73 Å². The van der Waals surface area contributed by atoms with Gasteiger partial charge >= 0.3 is 0 Å². The van der Waals surface area contributed by atoms with Gasteiger partial charge in [0.2, 0.25) is 5.95 Å². The van der Waals surface area contributed by atoms with Gasteiger partial charge in [-0.15, -0.1) is 0 Å². The molecule has 0 fully saturated rings. The third-order valence-electron chi connectivity index (χ3n) is 2.58. The predicted molar refractivity (Wildman–Crippen MR) is 68.2 cm³/mol. The Labute approximate surface area is 107 Å². The summed E-state index contributed by atoms with van der Waals surface area (Å²) in [4.78, 5) is 8.37. The Kier molecular flexibility index (Phi) is 2.41. The lowest BCUT2D eigenvalue weighted by atomic mass is 10.3. The molecular formula is C12H8ClFN4. The molecule has 2 N–H and O–H groups in total. The van der Waals surface area contributed by atoms with Crippen LogP contribution in [0.1, 0.15) is 0 Å². The fourth-order valence-electron chi connectivity index (χ4n) is 1.80. The summed E-state index contributed by atoms with van der Waals surface area (Å²) in [6.45, 7) is 0. The standard InChI is InChI=1S/C12H8ClFN4/c13-10-6-5-9-11(17-10)18(12(15)16-9)8-3-1-7(14)2-4-8/h1-6H,(H2,15,16). The zero-order chi connectivity index (χ0) is 12.7. The number of halogens is 2. The maximum atomic E-state index is 12.9. The van der Waals surface area contributed by atoms with Crippen LogP contribution in [-0.2, 0) is 0 Å². The van der Waals surface area contributed by atoms with Crippen LogP contribution in [0.25, 0.3) is 16.9 Å². The zero-order valence-corrected chi connectivity index (χ0v) is 9.89. The van der Waals surface area contributed by atoms with Gasteiger partial charge in [-0.2, -0.15) is 0 Å². The van der Waals surface area contributed by atoms with Crippen LogP contribution in [0.2, 0.25) is 5.15 Å². The van der Waals surface area contributed by atoms with Gasteiger partial charge in [-0.1, -0.05) is 11.6 Å². The lowest BCUT2D eigenvalue weighted by Crippen LogP contribution is -2.01. The van der Waals surface area contributed by atoms with Crippen LogP contribution >= 0.6 is 11.6 Å².